The predicted octanol–water partition coefficient (Wildman–Crippen LogP) is 6.33. The molecule has 3 rings (SSSR count). The number of hydrogen-bond acceptors (Lipinski definition) is 10. The maximum atomic E-state index is 13.9. The molecule has 0 unspecified atom stereocenters. The van der Waals surface area contributed by atoms with Gasteiger partial charge in [0.05, 0.1) is 42.7 Å². The van der Waals surface area contributed by atoms with Gasteiger partial charge in [-0.15, -0.1) is 0 Å². The fourth-order valence-corrected chi connectivity index (χ4v) is 4.31. The number of rotatable bonds is 15. The van der Waals surface area contributed by atoms with Gasteiger partial charge in [-0.3, -0.25) is 4.79 Å². The van der Waals surface area contributed by atoms with Gasteiger partial charge < -0.3 is 42.3 Å². The van der Waals surface area contributed by atoms with Crippen LogP contribution in [0.2, 0.25) is 0 Å². The number of ether oxygens (including phenoxy) is 8. The van der Waals surface area contributed by atoms with E-state index in [9.17, 15) is 4.79 Å². The lowest BCUT2D eigenvalue weighted by Gasteiger charge is -2.17. The topological polar surface area (TPSA) is 104 Å². The van der Waals surface area contributed by atoms with Crippen LogP contribution in [0.4, 0.5) is 0 Å². The first kappa shape index (κ1) is 32.8. The summed E-state index contributed by atoms with van der Waals surface area (Å²) < 4.78 is 51.1. The molecule has 10 heteroatoms. The molecule has 232 valence electrons. The Morgan fingerprint density at radius 2 is 1.42 bits per heavy atom. The van der Waals surface area contributed by atoms with Crippen LogP contribution in [0.5, 0.6) is 34.5 Å². The maximum absolute atomic E-state index is 13.9. The highest BCUT2D eigenvalue weighted by atomic mass is 16.6. The third kappa shape index (κ3) is 7.38. The summed E-state index contributed by atoms with van der Waals surface area (Å²) in [7, 11) is 9.22. The van der Waals surface area contributed by atoms with Crippen LogP contribution in [-0.4, -0.2) is 55.9 Å². The van der Waals surface area contributed by atoms with Crippen molar-refractivity contribution >= 4 is 16.5 Å². The highest BCUT2D eigenvalue weighted by Crippen LogP contribution is 2.39. The van der Waals surface area contributed by atoms with Crippen molar-refractivity contribution in [3.63, 3.8) is 0 Å². The van der Waals surface area contributed by atoms with Gasteiger partial charge in [0.15, 0.2) is 23.0 Å². The van der Waals surface area contributed by atoms with Crippen LogP contribution in [0.3, 0.4) is 0 Å². The zero-order valence-electron chi connectivity index (χ0n) is 26.2. The average molecular weight is 597 g/mol. The maximum Gasteiger partial charge on any atom is 0.239 e. The highest BCUT2D eigenvalue weighted by Gasteiger charge is 2.22. The first-order chi connectivity index (χ1) is 20.8. The molecule has 0 saturated heterocycles. The zero-order valence-corrected chi connectivity index (χ0v) is 26.2. The van der Waals surface area contributed by atoms with E-state index in [2.05, 4.69) is 0 Å². The van der Waals surface area contributed by atoms with Crippen LogP contribution in [0.25, 0.3) is 16.5 Å². The molecule has 1 aromatic heterocycles. The molecule has 0 fully saturated rings. The third-order valence-corrected chi connectivity index (χ3v) is 6.71. The Labute approximate surface area is 252 Å². The minimum Gasteiger partial charge on any atom is -0.498 e. The first-order valence-electron chi connectivity index (χ1n) is 13.7. The molecule has 1 heterocycles. The van der Waals surface area contributed by atoms with Gasteiger partial charge in [-0.25, -0.2) is 0 Å². The molecule has 0 aliphatic carbocycles. The van der Waals surface area contributed by atoms with E-state index in [1.165, 1.54) is 14.2 Å². The second kappa shape index (κ2) is 15.5. The van der Waals surface area contributed by atoms with Crippen molar-refractivity contribution in [2.75, 3.05) is 55.9 Å². The number of fused-ring (bicyclic) bond motifs is 1. The second-order valence-corrected chi connectivity index (χ2v) is 9.08. The largest absolute Gasteiger partial charge is 0.498 e. The van der Waals surface area contributed by atoms with E-state index in [1.54, 1.807) is 65.7 Å². The van der Waals surface area contributed by atoms with Crippen molar-refractivity contribution in [1.29, 1.82) is 0 Å². The summed E-state index contributed by atoms with van der Waals surface area (Å²) in [5.74, 6) is 3.55. The molecule has 2 aromatic carbocycles. The van der Waals surface area contributed by atoms with E-state index in [0.29, 0.717) is 45.8 Å². The SMILES string of the molecule is C\C=C(/C=C\C(OC)=C(/C)OC)c1oc2cc(OC)cc(OC)c2c(=O)c1OCCOc1c(OC)cc(CC)cc1OC. The summed E-state index contributed by atoms with van der Waals surface area (Å²) >= 11 is 0. The predicted molar refractivity (Wildman–Crippen MR) is 165 cm³/mol. The molecule has 0 N–H and O–H groups in total. The van der Waals surface area contributed by atoms with Crippen LogP contribution in [0, 0.1) is 0 Å². The Hall–Kier alpha value is -4.73. The van der Waals surface area contributed by atoms with Crippen molar-refractivity contribution in [3.05, 3.63) is 75.6 Å². The van der Waals surface area contributed by atoms with Crippen molar-refractivity contribution < 1.29 is 42.3 Å². The molecule has 43 heavy (non-hydrogen) atoms. The fraction of sp³-hybridized carbons (Fsp3) is 0.364. The van der Waals surface area contributed by atoms with E-state index in [4.69, 9.17) is 42.3 Å². The van der Waals surface area contributed by atoms with Gasteiger partial charge in [-0.1, -0.05) is 13.0 Å². The van der Waals surface area contributed by atoms with E-state index in [1.807, 2.05) is 26.0 Å². The number of hydrogen-bond donors (Lipinski definition) is 0. The first-order valence-corrected chi connectivity index (χ1v) is 13.7. The normalized spacial score (nSPS) is 12.2. The van der Waals surface area contributed by atoms with Gasteiger partial charge in [-0.05, 0) is 50.1 Å². The Bertz CT molecular complexity index is 1540. The average Bonchev–Trinajstić information content (AvgIpc) is 3.04. The minimum absolute atomic E-state index is 0.0102. The van der Waals surface area contributed by atoms with Crippen molar-refractivity contribution in [2.45, 2.75) is 27.2 Å². The minimum atomic E-state index is -0.415. The molecule has 10 nitrogen and oxygen atoms in total. The molecule has 0 saturated carbocycles. The lowest BCUT2D eigenvalue weighted by Crippen LogP contribution is -2.17. The Balaban J connectivity index is 2.07. The van der Waals surface area contributed by atoms with E-state index in [0.717, 1.165) is 12.0 Å². The Kier molecular flexibility index (Phi) is 11.8. The lowest BCUT2D eigenvalue weighted by molar-refractivity contribution is 0.201. The molecular weight excluding hydrogens is 556 g/mol. The Morgan fingerprint density at radius 1 is 0.791 bits per heavy atom. The van der Waals surface area contributed by atoms with Gasteiger partial charge in [0.1, 0.15) is 41.4 Å². The van der Waals surface area contributed by atoms with Crippen LogP contribution < -0.4 is 33.8 Å². The van der Waals surface area contributed by atoms with Crippen molar-refractivity contribution in [1.82, 2.24) is 0 Å². The number of aryl methyl sites for hydroxylation is 1. The van der Waals surface area contributed by atoms with Gasteiger partial charge >= 0.3 is 0 Å². The van der Waals surface area contributed by atoms with Crippen LogP contribution >= 0.6 is 0 Å². The Morgan fingerprint density at radius 3 is 1.93 bits per heavy atom. The summed E-state index contributed by atoms with van der Waals surface area (Å²) in [5.41, 5.74) is 1.46. The lowest BCUT2D eigenvalue weighted by atomic mass is 10.1. The van der Waals surface area contributed by atoms with E-state index >= 15 is 0 Å². The molecule has 3 aromatic rings. The fourth-order valence-electron chi connectivity index (χ4n) is 4.31. The van der Waals surface area contributed by atoms with Gasteiger partial charge in [-0.2, -0.15) is 0 Å². The molecule has 0 aliphatic heterocycles. The zero-order chi connectivity index (χ0) is 31.5. The van der Waals surface area contributed by atoms with Crippen molar-refractivity contribution in [3.8, 4) is 34.5 Å². The molecule has 0 atom stereocenters. The quantitative estimate of drug-likeness (QED) is 0.112. The summed E-state index contributed by atoms with van der Waals surface area (Å²) in [6, 6.07) is 7.03. The molecule has 0 bridgehead atoms. The standard InChI is InChI=1S/C33H40O10/c1-10-21-16-27(39-8)32(28(17-21)40-9)41-14-15-42-33-30(34)29-25(38-7)18-23(36-5)19-26(29)43-31(33)22(11-2)12-13-24(37-6)20(3)35-4/h11-13,16-19H,10,14-15H2,1-9H3/b13-12-,22-11+,24-20-. The van der Waals surface area contributed by atoms with Gasteiger partial charge in [0.2, 0.25) is 16.9 Å². The van der Waals surface area contributed by atoms with Crippen LogP contribution in [-0.2, 0) is 15.9 Å². The number of allylic oxidation sites excluding steroid dienone is 5. The highest BCUT2D eigenvalue weighted by molar-refractivity contribution is 5.89. The van der Waals surface area contributed by atoms with E-state index in [-0.39, 0.29) is 35.7 Å². The summed E-state index contributed by atoms with van der Waals surface area (Å²) in [6.45, 7) is 5.73. The third-order valence-electron chi connectivity index (χ3n) is 6.71. The number of methoxy groups -OCH3 is 6. The van der Waals surface area contributed by atoms with Gasteiger partial charge in [0, 0.05) is 17.7 Å². The summed E-state index contributed by atoms with van der Waals surface area (Å²) in [6.07, 6.45) is 6.06. The van der Waals surface area contributed by atoms with E-state index < -0.39 is 5.43 Å². The summed E-state index contributed by atoms with van der Waals surface area (Å²) in [4.78, 5) is 13.9. The molecule has 0 spiro atoms. The van der Waals surface area contributed by atoms with Crippen molar-refractivity contribution in [2.24, 2.45) is 0 Å². The smallest absolute Gasteiger partial charge is 0.239 e. The van der Waals surface area contributed by atoms with Gasteiger partial charge in [0.25, 0.3) is 0 Å². The number of benzene rings is 2. The second-order valence-electron chi connectivity index (χ2n) is 9.08. The molecule has 0 amide bonds. The molecule has 0 radical (unpaired) electrons. The van der Waals surface area contributed by atoms with Crippen LogP contribution in [0.1, 0.15) is 32.1 Å². The molecular formula is C33H40O10. The monoisotopic (exact) mass is 596 g/mol. The molecule has 0 aliphatic rings. The summed E-state index contributed by atoms with van der Waals surface area (Å²) in [5, 5.41) is 0.216. The van der Waals surface area contributed by atoms with Crippen LogP contribution in [0.15, 0.2) is 63.2 Å².